The summed E-state index contributed by atoms with van der Waals surface area (Å²) >= 11 is 0. The highest BCUT2D eigenvalue weighted by Gasteiger charge is 2.46. The van der Waals surface area contributed by atoms with E-state index in [1.165, 1.54) is 23.5 Å². The van der Waals surface area contributed by atoms with Gasteiger partial charge in [0.1, 0.15) is 11.4 Å². The zero-order valence-electron chi connectivity index (χ0n) is 39.4. The lowest BCUT2D eigenvalue weighted by Gasteiger charge is -2.27. The summed E-state index contributed by atoms with van der Waals surface area (Å²) in [7, 11) is -16.5. The molecule has 0 saturated carbocycles. The summed E-state index contributed by atoms with van der Waals surface area (Å²) in [5.41, 5.74) is 2.89. The van der Waals surface area contributed by atoms with Crippen molar-refractivity contribution in [3.63, 3.8) is 0 Å². The first-order chi connectivity index (χ1) is 31.7. The standard InChI is InChI=1S/C48H60N4O12S4/c1-8-10-26-49-44(53)21-15-28-50(7)66(57,58)40-18-14-17-36-34(40)22-24-38-45(36)47(3,4)43(52(38)29-16-30-65(54,55)56)20-13-11-12-19-42-48(5,6)46-37-31-33(67(59,60)61)32-41(68(62,63)64)35(37)23-25-39(46)51(42)27-9-2/h11-14,17-20,22-25,31-32H,8-10,15-16,21,26-30H2,1-7H3,(H3-,49,53,54,55,56,59,60,61,62,63,64)/p+1. The van der Waals surface area contributed by atoms with E-state index in [0.29, 0.717) is 41.5 Å². The van der Waals surface area contributed by atoms with Crippen molar-refractivity contribution in [2.75, 3.05) is 43.9 Å². The monoisotopic (exact) mass is 1010 g/mol. The summed E-state index contributed by atoms with van der Waals surface area (Å²) in [5.74, 6) is -0.594. The van der Waals surface area contributed by atoms with Crippen LogP contribution in [0.3, 0.4) is 0 Å². The number of sulfonamides is 1. The van der Waals surface area contributed by atoms with Crippen LogP contribution >= 0.6 is 0 Å². The molecule has 2 aliphatic rings. The topological polar surface area (TPSA) is 236 Å². The fourth-order valence-electron chi connectivity index (χ4n) is 9.53. The highest BCUT2D eigenvalue weighted by molar-refractivity contribution is 7.89. The molecule has 2 aliphatic heterocycles. The van der Waals surface area contributed by atoms with Crippen LogP contribution in [0, 0.1) is 0 Å². The van der Waals surface area contributed by atoms with Gasteiger partial charge in [0, 0.05) is 84.8 Å². The molecule has 68 heavy (non-hydrogen) atoms. The molecule has 0 spiro atoms. The molecule has 0 atom stereocenters. The predicted octanol–water partition coefficient (Wildman–Crippen LogP) is 7.66. The Morgan fingerprint density at radius 3 is 2.09 bits per heavy atom. The Labute approximate surface area is 400 Å². The molecule has 4 N–H and O–H groups in total. The lowest BCUT2D eigenvalue weighted by molar-refractivity contribution is -0.437. The van der Waals surface area contributed by atoms with Gasteiger partial charge in [-0.2, -0.15) is 29.8 Å². The first-order valence-electron chi connectivity index (χ1n) is 22.5. The predicted molar refractivity (Wildman–Crippen MR) is 265 cm³/mol. The van der Waals surface area contributed by atoms with Gasteiger partial charge in [0.2, 0.25) is 21.6 Å². The van der Waals surface area contributed by atoms with E-state index in [-0.39, 0.29) is 47.5 Å². The number of hydrogen-bond donors (Lipinski definition) is 4. The Balaban J connectivity index is 1.36. The molecular formula is C48H61N4O12S4+. The van der Waals surface area contributed by atoms with Crippen LogP contribution in [0.4, 0.5) is 11.4 Å². The third-order valence-corrected chi connectivity index (χ3v) is 17.1. The Bertz CT molecular complexity index is 3250. The average Bonchev–Trinajstić information content (AvgIpc) is 3.59. The maximum absolute atomic E-state index is 14.1. The quantitative estimate of drug-likeness (QED) is 0.0288. The second kappa shape index (κ2) is 19.9. The maximum atomic E-state index is 14.1. The van der Waals surface area contributed by atoms with Crippen molar-refractivity contribution in [2.45, 2.75) is 106 Å². The summed E-state index contributed by atoms with van der Waals surface area (Å²) in [6.07, 6.45) is 12.4. The van der Waals surface area contributed by atoms with E-state index >= 15 is 0 Å². The van der Waals surface area contributed by atoms with Gasteiger partial charge in [0.15, 0.2) is 5.71 Å². The Kier molecular flexibility index (Phi) is 15.4. The van der Waals surface area contributed by atoms with Crippen LogP contribution in [-0.2, 0) is 56.0 Å². The fraction of sp³-hybridized carbons (Fsp3) is 0.417. The summed E-state index contributed by atoms with van der Waals surface area (Å²) in [6.45, 7) is 13.3. The van der Waals surface area contributed by atoms with E-state index in [1.54, 1.807) is 24.3 Å². The van der Waals surface area contributed by atoms with Crippen LogP contribution in [0.1, 0.15) is 91.2 Å². The summed E-state index contributed by atoms with van der Waals surface area (Å²) in [5, 5.41) is 4.39. The van der Waals surface area contributed by atoms with Crippen LogP contribution in [0.15, 0.2) is 105 Å². The summed E-state index contributed by atoms with van der Waals surface area (Å²) in [4.78, 5) is 13.1. The smallest absolute Gasteiger partial charge is 0.295 e. The van der Waals surface area contributed by atoms with Crippen molar-refractivity contribution >= 4 is 84.9 Å². The van der Waals surface area contributed by atoms with E-state index in [4.69, 9.17) is 0 Å². The first kappa shape index (κ1) is 52.6. The van der Waals surface area contributed by atoms with Gasteiger partial charge in [-0.1, -0.05) is 70.5 Å². The molecule has 16 nitrogen and oxygen atoms in total. The van der Waals surface area contributed by atoms with Crippen molar-refractivity contribution in [3.8, 4) is 0 Å². The van der Waals surface area contributed by atoms with Gasteiger partial charge in [-0.15, -0.1) is 0 Å². The Morgan fingerprint density at radius 2 is 1.44 bits per heavy atom. The van der Waals surface area contributed by atoms with Gasteiger partial charge in [-0.25, -0.2) is 12.7 Å². The lowest BCUT2D eigenvalue weighted by atomic mass is 9.79. The van der Waals surface area contributed by atoms with Crippen LogP contribution in [0.5, 0.6) is 0 Å². The molecule has 0 saturated heterocycles. The Morgan fingerprint density at radius 1 is 0.750 bits per heavy atom. The van der Waals surface area contributed by atoms with Gasteiger partial charge in [0.25, 0.3) is 30.4 Å². The zero-order valence-corrected chi connectivity index (χ0v) is 42.6. The molecule has 0 aliphatic carbocycles. The van der Waals surface area contributed by atoms with E-state index in [9.17, 15) is 52.1 Å². The maximum Gasteiger partial charge on any atom is 0.295 e. The van der Waals surface area contributed by atoms with Crippen molar-refractivity contribution in [1.29, 1.82) is 0 Å². The van der Waals surface area contributed by atoms with Crippen LogP contribution in [-0.4, -0.2) is 107 Å². The molecule has 20 heteroatoms. The van der Waals surface area contributed by atoms with Crippen LogP contribution in [0.2, 0.25) is 0 Å². The van der Waals surface area contributed by atoms with Gasteiger partial charge < -0.3 is 10.2 Å². The van der Waals surface area contributed by atoms with E-state index in [1.807, 2.05) is 89.0 Å². The van der Waals surface area contributed by atoms with Crippen LogP contribution in [0.25, 0.3) is 21.5 Å². The summed E-state index contributed by atoms with van der Waals surface area (Å²) < 4.78 is 135. The number of carbonyl (C=O) groups is 1. The number of carbonyl (C=O) groups excluding carboxylic acids is 1. The number of benzene rings is 4. The second-order valence-corrected chi connectivity index (χ2v) is 24.6. The number of anilines is 1. The normalized spacial score (nSPS) is 16.9. The molecule has 1 amide bonds. The fourth-order valence-corrected chi connectivity index (χ4v) is 12.8. The molecule has 0 bridgehead atoms. The molecule has 368 valence electrons. The molecule has 4 aromatic carbocycles. The van der Waals surface area contributed by atoms with Gasteiger partial charge in [-0.3, -0.25) is 18.5 Å². The van der Waals surface area contributed by atoms with Crippen molar-refractivity contribution in [1.82, 2.24) is 9.62 Å². The first-order valence-corrected chi connectivity index (χ1v) is 28.4. The molecule has 0 radical (unpaired) electrons. The molecule has 2 heterocycles. The summed E-state index contributed by atoms with van der Waals surface area (Å²) in [6, 6.07) is 13.9. The average molecular weight is 1010 g/mol. The number of amides is 1. The number of unbranched alkanes of at least 4 members (excludes halogenated alkanes) is 1. The third-order valence-electron chi connectivity index (χ3n) is 12.7. The number of rotatable bonds is 20. The van der Waals surface area contributed by atoms with Crippen molar-refractivity contribution in [3.05, 3.63) is 102 Å². The molecular weight excluding hydrogens is 953 g/mol. The van der Waals surface area contributed by atoms with E-state index in [0.717, 1.165) is 48.0 Å². The number of fused-ring (bicyclic) bond motifs is 6. The second-order valence-electron chi connectivity index (χ2n) is 18.2. The molecule has 0 fully saturated rings. The van der Waals surface area contributed by atoms with Gasteiger partial charge in [-0.05, 0) is 85.9 Å². The highest BCUT2D eigenvalue weighted by Crippen LogP contribution is 2.52. The zero-order chi connectivity index (χ0) is 50.2. The number of nitrogens with one attached hydrogen (secondary N) is 1. The van der Waals surface area contributed by atoms with Crippen molar-refractivity contribution < 1.29 is 56.7 Å². The largest absolute Gasteiger partial charge is 0.356 e. The number of allylic oxidation sites excluding steroid dienone is 6. The molecule has 6 rings (SSSR count). The SMILES string of the molecule is CCCCNC(=O)CCCN(C)S(=O)(=O)c1cccc2c3c(ccc12)N(CCCS(=O)(=O)O)C(=CC=CC=CC1=[N+](CCC)c2ccc4c(S(=O)(=O)O)cc(S(=O)(=O)O)cc4c2C1(C)C)C3(C)C. The van der Waals surface area contributed by atoms with E-state index < -0.39 is 66.8 Å². The minimum Gasteiger partial charge on any atom is -0.356 e. The minimum absolute atomic E-state index is 0.0923. The molecule has 0 unspecified atom stereocenters. The number of hydrogen-bond acceptors (Lipinski definition) is 10. The van der Waals surface area contributed by atoms with Gasteiger partial charge >= 0.3 is 0 Å². The van der Waals surface area contributed by atoms with Gasteiger partial charge in [0.05, 0.1) is 21.0 Å². The van der Waals surface area contributed by atoms with Crippen molar-refractivity contribution in [2.24, 2.45) is 0 Å². The number of nitrogens with zero attached hydrogens (tertiary/aromatic N) is 3. The molecule has 4 aromatic rings. The lowest BCUT2D eigenvalue weighted by Crippen LogP contribution is -2.30. The van der Waals surface area contributed by atoms with E-state index in [2.05, 4.69) is 9.89 Å². The molecule has 0 aromatic heterocycles. The highest BCUT2D eigenvalue weighted by atomic mass is 32.2. The minimum atomic E-state index is -4.91. The Hall–Kier alpha value is -4.80. The third kappa shape index (κ3) is 10.7. The van der Waals surface area contributed by atoms with Crippen LogP contribution < -0.4 is 10.2 Å².